The van der Waals surface area contributed by atoms with E-state index in [2.05, 4.69) is 15.8 Å². The summed E-state index contributed by atoms with van der Waals surface area (Å²) in [5.74, 6) is 0.884. The van der Waals surface area contributed by atoms with Crippen LogP contribution in [0.5, 0.6) is 11.5 Å². The van der Waals surface area contributed by atoms with Gasteiger partial charge in [0, 0.05) is 45.6 Å². The van der Waals surface area contributed by atoms with E-state index in [4.69, 9.17) is 25.8 Å². The first-order valence-electron chi connectivity index (χ1n) is 13.1. The van der Waals surface area contributed by atoms with Gasteiger partial charge in [-0.15, -0.1) is 0 Å². The summed E-state index contributed by atoms with van der Waals surface area (Å²) in [6.45, 7) is 2.24. The molecule has 2 aromatic rings. The number of rotatable bonds is 13. The SMILES string of the molecule is COCCc1ccc(OCC(O)CNC2CCN(C(=O)COc3ccc(C4=NNC(=O)CC4)cc3Cl)C2)cc1. The van der Waals surface area contributed by atoms with Crippen LogP contribution in [0.15, 0.2) is 47.6 Å². The van der Waals surface area contributed by atoms with Crippen LogP contribution < -0.4 is 20.2 Å². The number of nitrogens with one attached hydrogen (secondary N) is 2. The molecule has 210 valence electrons. The van der Waals surface area contributed by atoms with Gasteiger partial charge in [0.1, 0.15) is 24.2 Å². The second kappa shape index (κ2) is 14.3. The normalized spacial score (nSPS) is 17.9. The Morgan fingerprint density at radius 1 is 1.23 bits per heavy atom. The first-order valence-corrected chi connectivity index (χ1v) is 13.5. The summed E-state index contributed by atoms with van der Waals surface area (Å²) >= 11 is 6.36. The molecule has 2 unspecified atom stereocenters. The van der Waals surface area contributed by atoms with Gasteiger partial charge in [-0.25, -0.2) is 5.43 Å². The summed E-state index contributed by atoms with van der Waals surface area (Å²) in [5.41, 5.74) is 5.19. The summed E-state index contributed by atoms with van der Waals surface area (Å²) in [7, 11) is 1.68. The number of hydrogen-bond acceptors (Lipinski definition) is 8. The van der Waals surface area contributed by atoms with Crippen molar-refractivity contribution in [3.8, 4) is 11.5 Å². The van der Waals surface area contributed by atoms with Crippen molar-refractivity contribution in [3.05, 3.63) is 58.6 Å². The zero-order chi connectivity index (χ0) is 27.6. The summed E-state index contributed by atoms with van der Waals surface area (Å²) in [6.07, 6.45) is 1.88. The van der Waals surface area contributed by atoms with Gasteiger partial charge in [-0.2, -0.15) is 5.10 Å². The molecule has 2 heterocycles. The molecule has 11 heteroatoms. The van der Waals surface area contributed by atoms with Crippen molar-refractivity contribution in [2.75, 3.05) is 46.6 Å². The third kappa shape index (κ3) is 8.66. The molecule has 1 saturated heterocycles. The number of hydrogen-bond donors (Lipinski definition) is 3. The zero-order valence-electron chi connectivity index (χ0n) is 22.0. The number of hydrazone groups is 1. The maximum Gasteiger partial charge on any atom is 0.260 e. The Labute approximate surface area is 233 Å². The zero-order valence-corrected chi connectivity index (χ0v) is 22.8. The fraction of sp³-hybridized carbons (Fsp3) is 0.464. The van der Waals surface area contributed by atoms with E-state index < -0.39 is 6.10 Å². The van der Waals surface area contributed by atoms with Gasteiger partial charge in [-0.05, 0) is 54.3 Å². The van der Waals surface area contributed by atoms with Crippen molar-refractivity contribution in [3.63, 3.8) is 0 Å². The van der Waals surface area contributed by atoms with E-state index in [-0.39, 0.29) is 31.1 Å². The van der Waals surface area contributed by atoms with Crippen molar-refractivity contribution in [2.45, 2.75) is 37.8 Å². The van der Waals surface area contributed by atoms with Gasteiger partial charge in [0.2, 0.25) is 5.91 Å². The van der Waals surface area contributed by atoms with Crippen LogP contribution in [0.1, 0.15) is 30.4 Å². The fourth-order valence-corrected chi connectivity index (χ4v) is 4.63. The van der Waals surface area contributed by atoms with Crippen LogP contribution in [0.4, 0.5) is 0 Å². The Morgan fingerprint density at radius 2 is 2.05 bits per heavy atom. The van der Waals surface area contributed by atoms with Gasteiger partial charge >= 0.3 is 0 Å². The molecule has 0 saturated carbocycles. The predicted molar refractivity (Wildman–Crippen MR) is 147 cm³/mol. The highest BCUT2D eigenvalue weighted by Crippen LogP contribution is 2.27. The average Bonchev–Trinajstić information content (AvgIpc) is 3.43. The maximum absolute atomic E-state index is 12.7. The number of halogens is 1. The highest BCUT2D eigenvalue weighted by atomic mass is 35.5. The number of carbonyl (C=O) groups excluding carboxylic acids is 2. The van der Waals surface area contributed by atoms with E-state index in [1.54, 1.807) is 24.1 Å². The minimum atomic E-state index is -0.674. The number of nitrogens with zero attached hydrogens (tertiary/aromatic N) is 2. The van der Waals surface area contributed by atoms with Crippen LogP contribution in [0.25, 0.3) is 0 Å². The van der Waals surface area contributed by atoms with Crippen molar-refractivity contribution in [1.82, 2.24) is 15.6 Å². The van der Waals surface area contributed by atoms with E-state index in [1.165, 1.54) is 5.56 Å². The van der Waals surface area contributed by atoms with E-state index in [0.717, 1.165) is 24.1 Å². The molecule has 0 spiro atoms. The molecule has 0 aromatic heterocycles. The third-order valence-corrected chi connectivity index (χ3v) is 6.96. The Hall–Kier alpha value is -3.18. The topological polar surface area (TPSA) is 122 Å². The van der Waals surface area contributed by atoms with Gasteiger partial charge in [0.15, 0.2) is 6.61 Å². The highest BCUT2D eigenvalue weighted by Gasteiger charge is 2.27. The van der Waals surface area contributed by atoms with Crippen LogP contribution in [0, 0.1) is 0 Å². The fourth-order valence-electron chi connectivity index (χ4n) is 4.39. The molecule has 39 heavy (non-hydrogen) atoms. The summed E-state index contributed by atoms with van der Waals surface area (Å²) in [5, 5.41) is 18.1. The second-order valence-corrected chi connectivity index (χ2v) is 10.0. The Balaban J connectivity index is 1.14. The van der Waals surface area contributed by atoms with E-state index in [1.807, 2.05) is 30.3 Å². The Bertz CT molecular complexity index is 1160. The van der Waals surface area contributed by atoms with E-state index in [9.17, 15) is 14.7 Å². The van der Waals surface area contributed by atoms with Gasteiger partial charge in [-0.1, -0.05) is 23.7 Å². The molecular formula is C28H35ClN4O6. The lowest BCUT2D eigenvalue weighted by Crippen LogP contribution is -2.41. The lowest BCUT2D eigenvalue weighted by Gasteiger charge is -2.19. The van der Waals surface area contributed by atoms with Gasteiger partial charge in [-0.3, -0.25) is 9.59 Å². The predicted octanol–water partition coefficient (Wildman–Crippen LogP) is 2.15. The standard InChI is InChI=1S/C28H35ClN4O6/c1-37-13-11-19-2-5-23(6-3-19)38-17-22(34)15-30-21-10-12-33(16-21)28(36)18-39-26-8-4-20(14-24(26)29)25-7-9-27(35)32-31-25/h2-6,8,14,21-22,30,34H,7,9-13,15-18H2,1H3,(H,32,35). The molecule has 10 nitrogen and oxygen atoms in total. The number of amides is 2. The minimum absolute atomic E-state index is 0.0864. The summed E-state index contributed by atoms with van der Waals surface area (Å²) < 4.78 is 16.5. The largest absolute Gasteiger partial charge is 0.491 e. The molecule has 2 aliphatic heterocycles. The first kappa shape index (κ1) is 28.8. The van der Waals surface area contributed by atoms with Crippen LogP contribution >= 0.6 is 11.6 Å². The average molecular weight is 559 g/mol. The van der Waals surface area contributed by atoms with E-state index >= 15 is 0 Å². The van der Waals surface area contributed by atoms with Crippen LogP contribution in [-0.2, 0) is 20.7 Å². The molecule has 2 aromatic carbocycles. The molecule has 4 rings (SSSR count). The number of aliphatic hydroxyl groups excluding tert-OH is 1. The van der Waals surface area contributed by atoms with Crippen molar-refractivity contribution in [2.24, 2.45) is 5.10 Å². The lowest BCUT2D eigenvalue weighted by molar-refractivity contribution is -0.132. The molecule has 0 radical (unpaired) electrons. The van der Waals surface area contributed by atoms with Gasteiger partial charge in [0.25, 0.3) is 5.91 Å². The smallest absolute Gasteiger partial charge is 0.260 e. The molecule has 0 aliphatic carbocycles. The molecule has 2 amide bonds. The maximum atomic E-state index is 12.7. The van der Waals surface area contributed by atoms with Crippen molar-refractivity contribution < 1.29 is 28.9 Å². The molecule has 2 atom stereocenters. The first-order chi connectivity index (χ1) is 18.9. The lowest BCUT2D eigenvalue weighted by atomic mass is 10.0. The third-order valence-electron chi connectivity index (χ3n) is 6.66. The van der Waals surface area contributed by atoms with E-state index in [0.29, 0.717) is 55.6 Å². The van der Waals surface area contributed by atoms with Crippen LogP contribution in [0.2, 0.25) is 5.02 Å². The second-order valence-electron chi connectivity index (χ2n) is 9.61. The molecule has 1 fully saturated rings. The Kier molecular flexibility index (Phi) is 10.5. The number of benzene rings is 2. The van der Waals surface area contributed by atoms with Crippen LogP contribution in [0.3, 0.4) is 0 Å². The summed E-state index contributed by atoms with van der Waals surface area (Å²) in [4.78, 5) is 25.7. The van der Waals surface area contributed by atoms with Crippen molar-refractivity contribution >= 4 is 29.1 Å². The molecule has 2 aliphatic rings. The molecular weight excluding hydrogens is 524 g/mol. The number of carbonyl (C=O) groups is 2. The molecule has 0 bridgehead atoms. The quantitative estimate of drug-likeness (QED) is 0.344. The number of likely N-dealkylation sites (tertiary alicyclic amines) is 1. The number of aliphatic hydroxyl groups is 1. The van der Waals surface area contributed by atoms with Gasteiger partial charge in [0.05, 0.1) is 17.3 Å². The van der Waals surface area contributed by atoms with Crippen molar-refractivity contribution in [1.29, 1.82) is 0 Å². The highest BCUT2D eigenvalue weighted by molar-refractivity contribution is 6.32. The molecule has 3 N–H and O–H groups in total. The summed E-state index contributed by atoms with van der Waals surface area (Å²) in [6, 6.07) is 13.1. The Morgan fingerprint density at radius 3 is 2.77 bits per heavy atom. The number of methoxy groups -OCH3 is 1. The van der Waals surface area contributed by atoms with Crippen LogP contribution in [-0.4, -0.2) is 86.2 Å². The monoisotopic (exact) mass is 558 g/mol. The minimum Gasteiger partial charge on any atom is -0.491 e. The van der Waals surface area contributed by atoms with Gasteiger partial charge < -0.3 is 29.5 Å². The number of ether oxygens (including phenoxy) is 3.